The van der Waals surface area contributed by atoms with Gasteiger partial charge in [0, 0.05) is 23.7 Å². The normalized spacial score (nSPS) is 15.2. The number of benzene rings is 2. The van der Waals surface area contributed by atoms with E-state index in [-0.39, 0.29) is 5.56 Å². The van der Waals surface area contributed by atoms with Crippen LogP contribution >= 0.6 is 0 Å². The van der Waals surface area contributed by atoms with Crippen LogP contribution in [0.1, 0.15) is 30.4 Å². The van der Waals surface area contributed by atoms with Crippen LogP contribution in [0.15, 0.2) is 29.2 Å². The molecule has 1 aliphatic rings. The highest BCUT2D eigenvalue weighted by molar-refractivity contribution is 7.89. The van der Waals surface area contributed by atoms with Crippen LogP contribution in [0.25, 0.3) is 0 Å². The van der Waals surface area contributed by atoms with E-state index in [0.29, 0.717) is 19.3 Å². The van der Waals surface area contributed by atoms with Crippen LogP contribution in [0.5, 0.6) is 0 Å². The van der Waals surface area contributed by atoms with Crippen LogP contribution < -0.4 is 0 Å². The lowest BCUT2D eigenvalue weighted by molar-refractivity contribution is 0.211. The lowest BCUT2D eigenvalue weighted by Crippen LogP contribution is -2.44. The fourth-order valence-electron chi connectivity index (χ4n) is 3.02. The Bertz CT molecular complexity index is 960. The molecule has 3 nitrogen and oxygen atoms in total. The maximum atomic E-state index is 14.3. The van der Waals surface area contributed by atoms with Gasteiger partial charge in [0.15, 0.2) is 23.3 Å². The zero-order chi connectivity index (χ0) is 19.9. The third-order valence-electron chi connectivity index (χ3n) is 4.78. The SMILES string of the molecule is Cc1c(F)c(F)c(F)c(F)c1S(=O)(=O)N(Cc1ccccc1F)C1CCC1. The third kappa shape index (κ3) is 3.34. The molecule has 27 heavy (non-hydrogen) atoms. The number of halogens is 5. The molecule has 0 aromatic heterocycles. The third-order valence-corrected chi connectivity index (χ3v) is 6.83. The minimum Gasteiger partial charge on any atom is -0.207 e. The van der Waals surface area contributed by atoms with Gasteiger partial charge in [0.1, 0.15) is 10.7 Å². The van der Waals surface area contributed by atoms with Crippen LogP contribution in [0, 0.1) is 36.0 Å². The summed E-state index contributed by atoms with van der Waals surface area (Å²) < 4.78 is 96.2. The highest BCUT2D eigenvalue weighted by Gasteiger charge is 2.40. The first-order valence-electron chi connectivity index (χ1n) is 8.24. The maximum Gasteiger partial charge on any atom is 0.247 e. The first kappa shape index (κ1) is 19.8. The first-order chi connectivity index (χ1) is 12.7. The molecule has 3 rings (SSSR count). The molecule has 146 valence electrons. The Hall–Kier alpha value is -2.00. The zero-order valence-corrected chi connectivity index (χ0v) is 15.1. The Balaban J connectivity index is 2.14. The number of sulfonamides is 1. The molecule has 0 N–H and O–H groups in total. The molecule has 1 fully saturated rings. The molecule has 1 aliphatic carbocycles. The van der Waals surface area contributed by atoms with E-state index < -0.39 is 62.2 Å². The summed E-state index contributed by atoms with van der Waals surface area (Å²) in [5, 5.41) is 0. The number of hydrogen-bond donors (Lipinski definition) is 0. The Morgan fingerprint density at radius 3 is 2.11 bits per heavy atom. The summed E-state index contributed by atoms with van der Waals surface area (Å²) in [5.74, 6) is -8.69. The second kappa shape index (κ2) is 7.20. The van der Waals surface area contributed by atoms with E-state index >= 15 is 0 Å². The van der Waals surface area contributed by atoms with E-state index in [0.717, 1.165) is 17.3 Å². The van der Waals surface area contributed by atoms with E-state index in [4.69, 9.17) is 0 Å². The van der Waals surface area contributed by atoms with Crippen molar-refractivity contribution in [2.75, 3.05) is 0 Å². The molecule has 0 saturated heterocycles. The van der Waals surface area contributed by atoms with Gasteiger partial charge in [0.2, 0.25) is 10.0 Å². The summed E-state index contributed by atoms with van der Waals surface area (Å²) in [6.07, 6.45) is 1.60. The maximum absolute atomic E-state index is 14.3. The standard InChI is InChI=1S/C18H16F5NO2S/c1-10-14(20)15(21)16(22)17(23)18(10)27(25,26)24(12-6-4-7-12)9-11-5-2-3-8-13(11)19/h2-3,5,8,12H,4,6-7,9H2,1H3. The molecule has 0 aliphatic heterocycles. The molecule has 0 heterocycles. The van der Waals surface area contributed by atoms with E-state index in [2.05, 4.69) is 0 Å². The van der Waals surface area contributed by atoms with Crippen LogP contribution in [-0.2, 0) is 16.6 Å². The largest absolute Gasteiger partial charge is 0.247 e. The fourth-order valence-corrected chi connectivity index (χ4v) is 4.96. The Labute approximate surface area is 153 Å². The molecule has 1 saturated carbocycles. The predicted molar refractivity (Wildman–Crippen MR) is 87.8 cm³/mol. The number of nitrogens with zero attached hydrogens (tertiary/aromatic N) is 1. The molecule has 0 spiro atoms. The smallest absolute Gasteiger partial charge is 0.207 e. The zero-order valence-electron chi connectivity index (χ0n) is 14.3. The van der Waals surface area contributed by atoms with E-state index in [1.807, 2.05) is 0 Å². The second-order valence-electron chi connectivity index (χ2n) is 6.44. The Kier molecular flexibility index (Phi) is 5.27. The highest BCUT2D eigenvalue weighted by atomic mass is 32.2. The quantitative estimate of drug-likeness (QED) is 0.419. The first-order valence-corrected chi connectivity index (χ1v) is 9.68. The van der Waals surface area contributed by atoms with Crippen molar-refractivity contribution in [2.45, 2.75) is 43.7 Å². The van der Waals surface area contributed by atoms with Gasteiger partial charge in [-0.25, -0.2) is 30.4 Å². The lowest BCUT2D eigenvalue weighted by atomic mass is 9.93. The molecule has 0 unspecified atom stereocenters. The Morgan fingerprint density at radius 2 is 1.56 bits per heavy atom. The summed E-state index contributed by atoms with van der Waals surface area (Å²) >= 11 is 0. The summed E-state index contributed by atoms with van der Waals surface area (Å²) in [5.41, 5.74) is -0.821. The lowest BCUT2D eigenvalue weighted by Gasteiger charge is -2.37. The molecule has 0 radical (unpaired) electrons. The minimum atomic E-state index is -4.75. The highest BCUT2D eigenvalue weighted by Crippen LogP contribution is 2.35. The fraction of sp³-hybridized carbons (Fsp3) is 0.333. The van der Waals surface area contributed by atoms with Crippen molar-refractivity contribution in [3.63, 3.8) is 0 Å². The van der Waals surface area contributed by atoms with E-state index in [9.17, 15) is 30.4 Å². The van der Waals surface area contributed by atoms with Crippen molar-refractivity contribution in [1.82, 2.24) is 4.31 Å². The molecular weight excluding hydrogens is 389 g/mol. The Morgan fingerprint density at radius 1 is 0.963 bits per heavy atom. The van der Waals surface area contributed by atoms with E-state index in [1.165, 1.54) is 18.2 Å². The van der Waals surface area contributed by atoms with Gasteiger partial charge >= 0.3 is 0 Å². The number of rotatable bonds is 5. The van der Waals surface area contributed by atoms with Crippen LogP contribution in [-0.4, -0.2) is 18.8 Å². The van der Waals surface area contributed by atoms with Gasteiger partial charge in [-0.05, 0) is 25.8 Å². The van der Waals surface area contributed by atoms with Gasteiger partial charge in [-0.2, -0.15) is 4.31 Å². The van der Waals surface area contributed by atoms with Crippen LogP contribution in [0.2, 0.25) is 0 Å². The molecule has 9 heteroatoms. The van der Waals surface area contributed by atoms with Crippen molar-refractivity contribution in [3.8, 4) is 0 Å². The van der Waals surface area contributed by atoms with Crippen LogP contribution in [0.3, 0.4) is 0 Å². The van der Waals surface area contributed by atoms with Gasteiger partial charge in [0.05, 0.1) is 0 Å². The minimum absolute atomic E-state index is 0.0362. The molecule has 2 aromatic rings. The molecule has 0 atom stereocenters. The summed E-state index contributed by atoms with van der Waals surface area (Å²) in [6.45, 7) is 0.426. The van der Waals surface area contributed by atoms with Crippen molar-refractivity contribution >= 4 is 10.0 Å². The average Bonchev–Trinajstić information content (AvgIpc) is 2.58. The van der Waals surface area contributed by atoms with Crippen molar-refractivity contribution in [1.29, 1.82) is 0 Å². The second-order valence-corrected chi connectivity index (χ2v) is 8.26. The van der Waals surface area contributed by atoms with E-state index in [1.54, 1.807) is 0 Å². The molecular formula is C18H16F5NO2S. The van der Waals surface area contributed by atoms with Gasteiger partial charge in [-0.1, -0.05) is 24.6 Å². The molecule has 0 bridgehead atoms. The van der Waals surface area contributed by atoms with Crippen molar-refractivity contribution in [2.24, 2.45) is 0 Å². The van der Waals surface area contributed by atoms with Crippen molar-refractivity contribution < 1.29 is 30.4 Å². The summed E-state index contributed by atoms with van der Waals surface area (Å²) in [6, 6.07) is 4.88. The van der Waals surface area contributed by atoms with Gasteiger partial charge in [-0.15, -0.1) is 0 Å². The van der Waals surface area contributed by atoms with Crippen molar-refractivity contribution in [3.05, 3.63) is 64.5 Å². The molecule has 2 aromatic carbocycles. The average molecular weight is 405 g/mol. The summed E-state index contributed by atoms with van der Waals surface area (Å²) in [4.78, 5) is -1.26. The number of hydrogen-bond acceptors (Lipinski definition) is 2. The van der Waals surface area contributed by atoms with Gasteiger partial charge < -0.3 is 0 Å². The van der Waals surface area contributed by atoms with Gasteiger partial charge in [0.25, 0.3) is 0 Å². The predicted octanol–water partition coefficient (Wildman–Crippen LogP) is 4.43. The monoisotopic (exact) mass is 405 g/mol. The molecule has 0 amide bonds. The van der Waals surface area contributed by atoms with Gasteiger partial charge in [-0.3, -0.25) is 0 Å². The van der Waals surface area contributed by atoms with Crippen LogP contribution in [0.4, 0.5) is 22.0 Å². The topological polar surface area (TPSA) is 37.4 Å². The summed E-state index contributed by atoms with van der Waals surface area (Å²) in [7, 11) is -4.75.